The first-order chi connectivity index (χ1) is 13.0. The highest BCUT2D eigenvalue weighted by atomic mass is 32.2. The minimum absolute atomic E-state index is 0.107. The minimum Gasteiger partial charge on any atom is -0.457 e. The van der Waals surface area contributed by atoms with Gasteiger partial charge in [-0.1, -0.05) is 31.0 Å². The fourth-order valence-electron chi connectivity index (χ4n) is 3.55. The van der Waals surface area contributed by atoms with Crippen molar-refractivity contribution in [2.45, 2.75) is 30.6 Å². The molecule has 0 spiro atoms. The monoisotopic (exact) mass is 389 g/mol. The molecule has 2 N–H and O–H groups in total. The molecule has 1 aliphatic rings. The zero-order chi connectivity index (χ0) is 19.3. The Kier molecular flexibility index (Phi) is 6.13. The van der Waals surface area contributed by atoms with Crippen LogP contribution in [0.25, 0.3) is 0 Å². The second kappa shape index (κ2) is 8.54. The van der Waals surface area contributed by atoms with Gasteiger partial charge in [0.05, 0.1) is 10.6 Å². The standard InChI is InChI=1S/C20H23NO5S/c22-20(21-23)19-9-5-4-6-15(19)14-27(24,25)18-12-10-17(11-13-18)26-16-7-2-1-3-8-16/h1-3,7-8,10-13,15,19,23H,4-6,9,14H2,(H,21,22). The molecule has 2 unspecified atom stereocenters. The van der Waals surface area contributed by atoms with Gasteiger partial charge >= 0.3 is 0 Å². The van der Waals surface area contributed by atoms with E-state index in [0.717, 1.165) is 12.8 Å². The Labute approximate surface area is 159 Å². The lowest BCUT2D eigenvalue weighted by Crippen LogP contribution is -2.38. The maximum atomic E-state index is 12.8. The largest absolute Gasteiger partial charge is 0.457 e. The van der Waals surface area contributed by atoms with Crippen molar-refractivity contribution in [3.05, 3.63) is 54.6 Å². The zero-order valence-electron chi connectivity index (χ0n) is 14.9. The lowest BCUT2D eigenvalue weighted by Gasteiger charge is -2.29. The molecule has 0 aliphatic heterocycles. The zero-order valence-corrected chi connectivity index (χ0v) is 15.7. The number of rotatable bonds is 6. The first-order valence-corrected chi connectivity index (χ1v) is 10.6. The van der Waals surface area contributed by atoms with Gasteiger partial charge in [-0.05, 0) is 55.2 Å². The van der Waals surface area contributed by atoms with Crippen molar-refractivity contribution in [3.8, 4) is 11.5 Å². The van der Waals surface area contributed by atoms with Crippen LogP contribution in [0.15, 0.2) is 59.5 Å². The summed E-state index contributed by atoms with van der Waals surface area (Å²) in [4.78, 5) is 12.1. The number of para-hydroxylation sites is 1. The van der Waals surface area contributed by atoms with Crippen LogP contribution < -0.4 is 10.2 Å². The summed E-state index contributed by atoms with van der Waals surface area (Å²) < 4.78 is 31.3. The summed E-state index contributed by atoms with van der Waals surface area (Å²) in [5.74, 6) is -0.148. The van der Waals surface area contributed by atoms with E-state index in [1.165, 1.54) is 12.1 Å². The molecule has 144 valence electrons. The molecule has 0 bridgehead atoms. The van der Waals surface area contributed by atoms with Gasteiger partial charge in [-0.25, -0.2) is 13.9 Å². The van der Waals surface area contributed by atoms with Crippen LogP contribution in [0.4, 0.5) is 0 Å². The van der Waals surface area contributed by atoms with Gasteiger partial charge in [0.1, 0.15) is 11.5 Å². The predicted octanol–water partition coefficient (Wildman–Crippen LogP) is 3.56. The summed E-state index contributed by atoms with van der Waals surface area (Å²) in [6, 6.07) is 15.5. The van der Waals surface area contributed by atoms with E-state index < -0.39 is 21.7 Å². The van der Waals surface area contributed by atoms with Crippen LogP contribution in [-0.2, 0) is 14.6 Å². The SMILES string of the molecule is O=C(NO)C1CCCCC1CS(=O)(=O)c1ccc(Oc2ccccc2)cc1. The van der Waals surface area contributed by atoms with Gasteiger partial charge in [-0.3, -0.25) is 10.0 Å². The molecule has 2 aromatic rings. The predicted molar refractivity (Wildman–Crippen MR) is 100 cm³/mol. The molecular formula is C20H23NO5S. The van der Waals surface area contributed by atoms with Gasteiger partial charge in [-0.2, -0.15) is 0 Å². The second-order valence-electron chi connectivity index (χ2n) is 6.80. The number of ether oxygens (including phenoxy) is 1. The third kappa shape index (κ3) is 4.87. The Morgan fingerprint density at radius 1 is 1.00 bits per heavy atom. The van der Waals surface area contributed by atoms with E-state index in [4.69, 9.17) is 9.94 Å². The Hall–Kier alpha value is -2.38. The molecule has 1 saturated carbocycles. The van der Waals surface area contributed by atoms with Gasteiger partial charge in [0, 0.05) is 5.92 Å². The number of benzene rings is 2. The average molecular weight is 389 g/mol. The Bertz CT molecular complexity index is 865. The first kappa shape index (κ1) is 19.4. The number of hydrogen-bond donors (Lipinski definition) is 2. The van der Waals surface area contributed by atoms with Crippen LogP contribution in [0.3, 0.4) is 0 Å². The molecule has 1 fully saturated rings. The normalized spacial score (nSPS) is 20.0. The quantitative estimate of drug-likeness (QED) is 0.582. The van der Waals surface area contributed by atoms with E-state index in [-0.39, 0.29) is 16.6 Å². The van der Waals surface area contributed by atoms with Crippen LogP contribution >= 0.6 is 0 Å². The molecule has 7 heteroatoms. The molecule has 2 aromatic carbocycles. The lowest BCUT2D eigenvalue weighted by molar-refractivity contribution is -0.135. The van der Waals surface area contributed by atoms with E-state index in [1.54, 1.807) is 17.6 Å². The Balaban J connectivity index is 1.71. The van der Waals surface area contributed by atoms with Crippen molar-refractivity contribution >= 4 is 15.7 Å². The topological polar surface area (TPSA) is 92.7 Å². The third-order valence-corrected chi connectivity index (χ3v) is 6.81. The van der Waals surface area contributed by atoms with Crippen LogP contribution in [0.2, 0.25) is 0 Å². The molecule has 2 atom stereocenters. The second-order valence-corrected chi connectivity index (χ2v) is 8.83. The highest BCUT2D eigenvalue weighted by Gasteiger charge is 2.34. The smallest absolute Gasteiger partial charge is 0.246 e. The van der Waals surface area contributed by atoms with E-state index >= 15 is 0 Å². The molecule has 0 saturated heterocycles. The van der Waals surface area contributed by atoms with E-state index in [0.29, 0.717) is 24.3 Å². The minimum atomic E-state index is -3.54. The molecule has 3 rings (SSSR count). The highest BCUT2D eigenvalue weighted by molar-refractivity contribution is 7.91. The van der Waals surface area contributed by atoms with Crippen LogP contribution in [-0.4, -0.2) is 25.3 Å². The fourth-order valence-corrected chi connectivity index (χ4v) is 5.26. The van der Waals surface area contributed by atoms with Gasteiger partial charge in [0.15, 0.2) is 9.84 Å². The molecule has 6 nitrogen and oxygen atoms in total. The lowest BCUT2D eigenvalue weighted by atomic mass is 9.80. The van der Waals surface area contributed by atoms with Crippen molar-refractivity contribution in [1.82, 2.24) is 5.48 Å². The molecule has 0 radical (unpaired) electrons. The number of carbonyl (C=O) groups is 1. The molecule has 1 aliphatic carbocycles. The van der Waals surface area contributed by atoms with E-state index in [2.05, 4.69) is 0 Å². The number of hydrogen-bond acceptors (Lipinski definition) is 5. The number of nitrogens with one attached hydrogen (secondary N) is 1. The maximum Gasteiger partial charge on any atom is 0.246 e. The molecule has 0 aromatic heterocycles. The molecule has 0 heterocycles. The summed E-state index contributed by atoms with van der Waals surface area (Å²) in [6.07, 6.45) is 3.00. The highest BCUT2D eigenvalue weighted by Crippen LogP contribution is 2.33. The third-order valence-electron chi connectivity index (χ3n) is 4.95. The molecule has 1 amide bonds. The Morgan fingerprint density at radius 3 is 2.30 bits per heavy atom. The summed E-state index contributed by atoms with van der Waals surface area (Å²) >= 11 is 0. The maximum absolute atomic E-state index is 12.8. The molecule has 27 heavy (non-hydrogen) atoms. The average Bonchev–Trinajstić information content (AvgIpc) is 2.69. The fraction of sp³-hybridized carbons (Fsp3) is 0.350. The number of hydroxylamine groups is 1. The summed E-state index contributed by atoms with van der Waals surface area (Å²) in [5.41, 5.74) is 1.67. The van der Waals surface area contributed by atoms with Crippen LogP contribution in [0.5, 0.6) is 11.5 Å². The van der Waals surface area contributed by atoms with Crippen LogP contribution in [0.1, 0.15) is 25.7 Å². The number of carbonyl (C=O) groups excluding carboxylic acids is 1. The van der Waals surface area contributed by atoms with Crippen molar-refractivity contribution in [3.63, 3.8) is 0 Å². The molecular weight excluding hydrogens is 366 g/mol. The van der Waals surface area contributed by atoms with Crippen molar-refractivity contribution in [1.29, 1.82) is 0 Å². The van der Waals surface area contributed by atoms with Gasteiger partial charge < -0.3 is 4.74 Å². The first-order valence-electron chi connectivity index (χ1n) is 8.99. The Morgan fingerprint density at radius 2 is 1.63 bits per heavy atom. The van der Waals surface area contributed by atoms with Gasteiger partial charge in [0.2, 0.25) is 5.91 Å². The van der Waals surface area contributed by atoms with Gasteiger partial charge in [0.25, 0.3) is 0 Å². The summed E-state index contributed by atoms with van der Waals surface area (Å²) in [5, 5.41) is 8.91. The van der Waals surface area contributed by atoms with Crippen LogP contribution in [0, 0.1) is 11.8 Å². The van der Waals surface area contributed by atoms with E-state index in [1.807, 2.05) is 30.3 Å². The summed E-state index contributed by atoms with van der Waals surface area (Å²) in [7, 11) is -3.54. The van der Waals surface area contributed by atoms with Crippen molar-refractivity contribution in [2.75, 3.05) is 5.75 Å². The summed E-state index contributed by atoms with van der Waals surface area (Å²) in [6.45, 7) is 0. The van der Waals surface area contributed by atoms with Gasteiger partial charge in [-0.15, -0.1) is 0 Å². The van der Waals surface area contributed by atoms with Crippen molar-refractivity contribution in [2.24, 2.45) is 11.8 Å². The number of amides is 1. The van der Waals surface area contributed by atoms with E-state index in [9.17, 15) is 13.2 Å². The van der Waals surface area contributed by atoms with Crippen molar-refractivity contribution < 1.29 is 23.2 Å². The number of sulfone groups is 1.